The van der Waals surface area contributed by atoms with Crippen LogP contribution in [0.15, 0.2) is 35.4 Å². The molecule has 0 aromatic heterocycles. The molecule has 0 aliphatic carbocycles. The van der Waals surface area contributed by atoms with Crippen molar-refractivity contribution in [2.24, 2.45) is 0 Å². The molecule has 1 saturated heterocycles. The SMILES string of the molecule is CC1=C(C(=O)NCc2ccc(C(F)F)cc2)C2(CCN(C(C)C)CC2)OC1=O. The molecular formula is C21H26F2N2O3. The first-order valence-electron chi connectivity index (χ1n) is 9.57. The van der Waals surface area contributed by atoms with Crippen LogP contribution in [0.2, 0.25) is 0 Å². The number of amides is 1. The van der Waals surface area contributed by atoms with Gasteiger partial charge in [-0.15, -0.1) is 0 Å². The number of hydrogen-bond donors (Lipinski definition) is 1. The molecule has 1 aromatic carbocycles. The maximum atomic E-state index is 12.9. The molecule has 0 bridgehead atoms. The van der Waals surface area contributed by atoms with Gasteiger partial charge in [-0.25, -0.2) is 13.6 Å². The summed E-state index contributed by atoms with van der Waals surface area (Å²) in [5.74, 6) is -0.774. The van der Waals surface area contributed by atoms with Crippen molar-refractivity contribution in [1.29, 1.82) is 0 Å². The summed E-state index contributed by atoms with van der Waals surface area (Å²) in [4.78, 5) is 27.4. The number of likely N-dealkylation sites (tertiary alicyclic amines) is 1. The minimum absolute atomic E-state index is 0.0562. The van der Waals surface area contributed by atoms with Crippen LogP contribution in [0.1, 0.15) is 51.2 Å². The molecule has 2 aliphatic rings. The van der Waals surface area contributed by atoms with Crippen molar-refractivity contribution in [2.45, 2.75) is 58.2 Å². The summed E-state index contributed by atoms with van der Waals surface area (Å²) in [7, 11) is 0. The highest BCUT2D eigenvalue weighted by molar-refractivity contribution is 6.07. The van der Waals surface area contributed by atoms with Crippen LogP contribution < -0.4 is 5.32 Å². The first-order chi connectivity index (χ1) is 13.2. The summed E-state index contributed by atoms with van der Waals surface area (Å²) in [5, 5.41) is 2.82. The predicted octanol–water partition coefficient (Wildman–Crippen LogP) is 3.36. The van der Waals surface area contributed by atoms with E-state index in [0.29, 0.717) is 35.6 Å². The molecule has 1 N–H and O–H groups in total. The molecule has 5 nitrogen and oxygen atoms in total. The molecule has 7 heteroatoms. The third-order valence-electron chi connectivity index (χ3n) is 5.67. The zero-order valence-electron chi connectivity index (χ0n) is 16.4. The first kappa shape index (κ1) is 20.5. The molecule has 2 aliphatic heterocycles. The fraction of sp³-hybridized carbons (Fsp3) is 0.524. The molecule has 0 radical (unpaired) electrons. The smallest absolute Gasteiger partial charge is 0.335 e. The van der Waals surface area contributed by atoms with Crippen LogP contribution in [0, 0.1) is 0 Å². The Hall–Kier alpha value is -2.28. The Morgan fingerprint density at radius 3 is 2.36 bits per heavy atom. The number of alkyl halides is 2. The van der Waals surface area contributed by atoms with Gasteiger partial charge in [-0.1, -0.05) is 24.3 Å². The Morgan fingerprint density at radius 2 is 1.82 bits per heavy atom. The summed E-state index contributed by atoms with van der Waals surface area (Å²) >= 11 is 0. The molecule has 1 fully saturated rings. The maximum Gasteiger partial charge on any atom is 0.335 e. The van der Waals surface area contributed by atoms with Gasteiger partial charge in [0, 0.05) is 49.7 Å². The highest BCUT2D eigenvalue weighted by atomic mass is 19.3. The lowest BCUT2D eigenvalue weighted by atomic mass is 9.82. The molecule has 1 spiro atoms. The van der Waals surface area contributed by atoms with Gasteiger partial charge in [-0.05, 0) is 26.3 Å². The highest BCUT2D eigenvalue weighted by Crippen LogP contribution is 2.41. The average molecular weight is 392 g/mol. The average Bonchev–Trinajstić information content (AvgIpc) is 2.90. The van der Waals surface area contributed by atoms with Crippen molar-refractivity contribution < 1.29 is 23.1 Å². The molecule has 0 unspecified atom stereocenters. The van der Waals surface area contributed by atoms with Crippen LogP contribution in [-0.2, 0) is 20.9 Å². The van der Waals surface area contributed by atoms with E-state index in [-0.39, 0.29) is 18.0 Å². The third-order valence-corrected chi connectivity index (χ3v) is 5.67. The highest BCUT2D eigenvalue weighted by Gasteiger charge is 2.50. The number of carbonyl (C=O) groups is 2. The molecule has 28 heavy (non-hydrogen) atoms. The predicted molar refractivity (Wildman–Crippen MR) is 101 cm³/mol. The number of carbonyl (C=O) groups excluding carboxylic acids is 2. The number of piperidine rings is 1. The fourth-order valence-corrected chi connectivity index (χ4v) is 3.93. The first-order valence-corrected chi connectivity index (χ1v) is 9.57. The van der Waals surface area contributed by atoms with Gasteiger partial charge in [0.15, 0.2) is 0 Å². The van der Waals surface area contributed by atoms with Crippen molar-refractivity contribution in [3.8, 4) is 0 Å². The number of benzene rings is 1. The second-order valence-corrected chi connectivity index (χ2v) is 7.74. The number of hydrogen-bond acceptors (Lipinski definition) is 4. The molecular weight excluding hydrogens is 366 g/mol. The topological polar surface area (TPSA) is 58.6 Å². The number of nitrogens with zero attached hydrogens (tertiary/aromatic N) is 1. The monoisotopic (exact) mass is 392 g/mol. The van der Waals surface area contributed by atoms with E-state index < -0.39 is 18.0 Å². The second-order valence-electron chi connectivity index (χ2n) is 7.74. The molecule has 0 saturated carbocycles. The number of halogens is 2. The minimum atomic E-state index is -2.52. The van der Waals surface area contributed by atoms with Gasteiger partial charge in [0.2, 0.25) is 0 Å². The van der Waals surface area contributed by atoms with Crippen LogP contribution in [0.3, 0.4) is 0 Å². The quantitative estimate of drug-likeness (QED) is 0.781. The molecule has 1 aromatic rings. The normalized spacial score (nSPS) is 19.6. The van der Waals surface area contributed by atoms with E-state index in [9.17, 15) is 18.4 Å². The molecule has 0 atom stereocenters. The number of ether oxygens (including phenoxy) is 1. The van der Waals surface area contributed by atoms with Gasteiger partial charge in [0.25, 0.3) is 12.3 Å². The van der Waals surface area contributed by atoms with E-state index in [2.05, 4.69) is 24.1 Å². The molecule has 2 heterocycles. The number of rotatable bonds is 5. The summed E-state index contributed by atoms with van der Waals surface area (Å²) < 4.78 is 31.0. The van der Waals surface area contributed by atoms with E-state index in [1.165, 1.54) is 12.1 Å². The lowest BCUT2D eigenvalue weighted by Crippen LogP contribution is -2.50. The lowest BCUT2D eigenvalue weighted by molar-refractivity contribution is -0.151. The van der Waals surface area contributed by atoms with Gasteiger partial charge in [0.05, 0.1) is 5.57 Å². The van der Waals surface area contributed by atoms with Crippen LogP contribution >= 0.6 is 0 Å². The van der Waals surface area contributed by atoms with Gasteiger partial charge in [-0.2, -0.15) is 0 Å². The zero-order chi connectivity index (χ0) is 20.5. The Labute approximate surface area is 163 Å². The Balaban J connectivity index is 1.71. The molecule has 152 valence electrons. The zero-order valence-corrected chi connectivity index (χ0v) is 16.4. The summed E-state index contributed by atoms with van der Waals surface area (Å²) in [6.07, 6.45) is -1.35. The van der Waals surface area contributed by atoms with E-state index in [1.807, 2.05) is 0 Å². The number of esters is 1. The maximum absolute atomic E-state index is 12.9. The van der Waals surface area contributed by atoms with Gasteiger partial charge < -0.3 is 15.0 Å². The van der Waals surface area contributed by atoms with Crippen LogP contribution in [0.25, 0.3) is 0 Å². The fourth-order valence-electron chi connectivity index (χ4n) is 3.93. The Kier molecular flexibility index (Phi) is 5.84. The van der Waals surface area contributed by atoms with Gasteiger partial charge in [-0.3, -0.25) is 4.79 Å². The van der Waals surface area contributed by atoms with E-state index in [0.717, 1.165) is 13.1 Å². The van der Waals surface area contributed by atoms with Gasteiger partial charge in [0.1, 0.15) is 5.60 Å². The second kappa shape index (κ2) is 7.99. The van der Waals surface area contributed by atoms with Crippen molar-refractivity contribution in [3.05, 3.63) is 46.5 Å². The largest absolute Gasteiger partial charge is 0.450 e. The van der Waals surface area contributed by atoms with E-state index in [4.69, 9.17) is 4.74 Å². The molecule has 1 amide bonds. The molecule has 3 rings (SSSR count). The van der Waals surface area contributed by atoms with Crippen LogP contribution in [-0.4, -0.2) is 41.5 Å². The van der Waals surface area contributed by atoms with Crippen molar-refractivity contribution >= 4 is 11.9 Å². The van der Waals surface area contributed by atoms with Gasteiger partial charge >= 0.3 is 5.97 Å². The third kappa shape index (κ3) is 3.94. The van der Waals surface area contributed by atoms with Crippen molar-refractivity contribution in [3.63, 3.8) is 0 Å². The summed E-state index contributed by atoms with van der Waals surface area (Å²) in [6.45, 7) is 7.56. The summed E-state index contributed by atoms with van der Waals surface area (Å²) in [5.41, 5.74) is 0.550. The Bertz CT molecular complexity index is 779. The van der Waals surface area contributed by atoms with E-state index in [1.54, 1.807) is 19.1 Å². The van der Waals surface area contributed by atoms with Crippen molar-refractivity contribution in [1.82, 2.24) is 10.2 Å². The van der Waals surface area contributed by atoms with E-state index >= 15 is 0 Å². The lowest BCUT2D eigenvalue weighted by Gasteiger charge is -2.40. The summed E-state index contributed by atoms with van der Waals surface area (Å²) in [6, 6.07) is 6.23. The van der Waals surface area contributed by atoms with Crippen molar-refractivity contribution in [2.75, 3.05) is 13.1 Å². The number of nitrogens with one attached hydrogen (secondary N) is 1. The minimum Gasteiger partial charge on any atom is -0.450 e. The Morgan fingerprint density at radius 1 is 1.21 bits per heavy atom. The van der Waals surface area contributed by atoms with Crippen LogP contribution in [0.5, 0.6) is 0 Å². The van der Waals surface area contributed by atoms with Crippen LogP contribution in [0.4, 0.5) is 8.78 Å². The standard InChI is InChI=1S/C21H26F2N2O3/c1-13(2)25-10-8-21(9-11-25)17(14(3)20(27)28-21)19(26)24-12-15-4-6-16(7-5-15)18(22)23/h4-7,13,18H,8-12H2,1-3H3,(H,24,26).